The summed E-state index contributed by atoms with van der Waals surface area (Å²) in [6.45, 7) is 0. The van der Waals surface area contributed by atoms with Gasteiger partial charge in [-0.3, -0.25) is 5.32 Å². The van der Waals surface area contributed by atoms with Crippen LogP contribution < -0.4 is 5.32 Å². The minimum Gasteiger partial charge on any atom is -0.284 e. The average Bonchev–Trinajstić information content (AvgIpc) is 2.56. The largest absolute Gasteiger partial charge is 0.284 e. The summed E-state index contributed by atoms with van der Waals surface area (Å²) in [7, 11) is 0. The van der Waals surface area contributed by atoms with Crippen LogP contribution in [0.25, 0.3) is 5.57 Å². The second-order valence-electron chi connectivity index (χ2n) is 3.94. The molecule has 1 heterocycles. The summed E-state index contributed by atoms with van der Waals surface area (Å²) >= 11 is 0. The Morgan fingerprint density at radius 2 is 1.85 bits per heavy atom. The highest BCUT2D eigenvalue weighted by molar-refractivity contribution is 5.77. The molecule has 1 aromatic rings. The topological polar surface area (TPSA) is 16.6 Å². The van der Waals surface area contributed by atoms with Crippen LogP contribution in [-0.2, 0) is 0 Å². The summed E-state index contributed by atoms with van der Waals surface area (Å²) in [6.07, 6.45) is 5.34. The maximum Gasteiger partial charge on any atom is 0.142 e. The molecule has 0 atom stereocenters. The van der Waals surface area contributed by atoms with Crippen LogP contribution >= 0.6 is 0 Å². The SMILES string of the molecule is c1ccc2c(c1)[NH2+]C1=C2CCCC1. The second-order valence-corrected chi connectivity index (χ2v) is 3.94. The van der Waals surface area contributed by atoms with Crippen molar-refractivity contribution in [1.82, 2.24) is 0 Å². The molecule has 2 aliphatic rings. The van der Waals surface area contributed by atoms with E-state index in [2.05, 4.69) is 29.6 Å². The van der Waals surface area contributed by atoms with E-state index in [0.717, 1.165) is 0 Å². The third kappa shape index (κ3) is 1.04. The van der Waals surface area contributed by atoms with Crippen molar-refractivity contribution >= 4 is 11.3 Å². The maximum absolute atomic E-state index is 2.38. The predicted octanol–water partition coefficient (Wildman–Crippen LogP) is 2.18. The fourth-order valence-corrected chi connectivity index (χ4v) is 2.48. The fourth-order valence-electron chi connectivity index (χ4n) is 2.48. The minimum atomic E-state index is 1.29. The lowest BCUT2D eigenvalue weighted by atomic mass is 9.93. The number of rotatable bonds is 0. The molecule has 3 rings (SSSR count). The summed E-state index contributed by atoms with van der Waals surface area (Å²) in [5, 5.41) is 2.38. The maximum atomic E-state index is 2.38. The Labute approximate surface area is 78.5 Å². The van der Waals surface area contributed by atoms with Gasteiger partial charge in [-0.05, 0) is 25.3 Å². The van der Waals surface area contributed by atoms with Crippen molar-refractivity contribution in [3.63, 3.8) is 0 Å². The van der Waals surface area contributed by atoms with Gasteiger partial charge in [0.1, 0.15) is 11.4 Å². The van der Waals surface area contributed by atoms with Crippen LogP contribution in [0.5, 0.6) is 0 Å². The molecule has 13 heavy (non-hydrogen) atoms. The van der Waals surface area contributed by atoms with Gasteiger partial charge in [-0.2, -0.15) is 0 Å². The van der Waals surface area contributed by atoms with Gasteiger partial charge in [0, 0.05) is 23.6 Å². The van der Waals surface area contributed by atoms with Crippen LogP contribution in [-0.4, -0.2) is 0 Å². The Balaban J connectivity index is 2.12. The van der Waals surface area contributed by atoms with Gasteiger partial charge in [0.15, 0.2) is 0 Å². The molecular weight excluding hydrogens is 158 g/mol. The number of para-hydroxylation sites is 1. The summed E-state index contributed by atoms with van der Waals surface area (Å²) in [4.78, 5) is 0. The van der Waals surface area contributed by atoms with Crippen LogP contribution in [0.4, 0.5) is 5.69 Å². The molecule has 66 valence electrons. The summed E-state index contributed by atoms with van der Waals surface area (Å²) in [6, 6.07) is 8.78. The Bertz CT molecular complexity index is 376. The molecule has 1 aliphatic heterocycles. The molecule has 0 aromatic heterocycles. The summed E-state index contributed by atoms with van der Waals surface area (Å²) < 4.78 is 0. The van der Waals surface area contributed by atoms with Crippen LogP contribution in [0.3, 0.4) is 0 Å². The molecule has 2 N–H and O–H groups in total. The number of benzene rings is 1. The molecule has 1 aliphatic carbocycles. The van der Waals surface area contributed by atoms with Crippen LogP contribution in [0.1, 0.15) is 31.2 Å². The minimum absolute atomic E-state index is 1.29. The third-order valence-electron chi connectivity index (χ3n) is 3.13. The number of allylic oxidation sites excluding steroid dienone is 2. The average molecular weight is 172 g/mol. The fraction of sp³-hybridized carbons (Fsp3) is 0.333. The van der Waals surface area contributed by atoms with E-state index in [9.17, 15) is 0 Å². The Kier molecular flexibility index (Phi) is 1.53. The van der Waals surface area contributed by atoms with Gasteiger partial charge in [-0.25, -0.2) is 0 Å². The van der Waals surface area contributed by atoms with Crippen molar-refractivity contribution in [3.8, 4) is 0 Å². The van der Waals surface area contributed by atoms with Crippen molar-refractivity contribution in [2.24, 2.45) is 0 Å². The first kappa shape index (κ1) is 7.34. The molecule has 1 heteroatoms. The highest BCUT2D eigenvalue weighted by Gasteiger charge is 2.27. The zero-order valence-electron chi connectivity index (χ0n) is 7.72. The lowest BCUT2D eigenvalue weighted by Gasteiger charge is -2.09. The van der Waals surface area contributed by atoms with E-state index in [1.54, 1.807) is 11.3 Å². The second kappa shape index (κ2) is 2.71. The highest BCUT2D eigenvalue weighted by Crippen LogP contribution is 2.35. The first-order chi connectivity index (χ1) is 6.45. The summed E-state index contributed by atoms with van der Waals surface area (Å²) in [5.41, 5.74) is 6.17. The molecule has 0 unspecified atom stereocenters. The Morgan fingerprint density at radius 1 is 1.00 bits per heavy atom. The number of hydrogen-bond acceptors (Lipinski definition) is 0. The van der Waals surface area contributed by atoms with Crippen molar-refractivity contribution in [2.75, 3.05) is 0 Å². The zero-order valence-corrected chi connectivity index (χ0v) is 7.72. The van der Waals surface area contributed by atoms with Crippen molar-refractivity contribution in [2.45, 2.75) is 25.7 Å². The molecule has 0 amide bonds. The molecule has 0 saturated carbocycles. The normalized spacial score (nSPS) is 20.0. The first-order valence-corrected chi connectivity index (χ1v) is 5.11. The van der Waals surface area contributed by atoms with E-state index in [1.807, 2.05) is 0 Å². The third-order valence-corrected chi connectivity index (χ3v) is 3.13. The molecule has 1 aromatic carbocycles. The van der Waals surface area contributed by atoms with Crippen LogP contribution in [0, 0.1) is 0 Å². The number of fused-ring (bicyclic) bond motifs is 2. The van der Waals surface area contributed by atoms with E-state index >= 15 is 0 Å². The van der Waals surface area contributed by atoms with Gasteiger partial charge in [-0.1, -0.05) is 12.1 Å². The van der Waals surface area contributed by atoms with Crippen LogP contribution in [0.15, 0.2) is 30.0 Å². The van der Waals surface area contributed by atoms with E-state index in [0.29, 0.717) is 0 Å². The van der Waals surface area contributed by atoms with E-state index in [-0.39, 0.29) is 0 Å². The summed E-state index contributed by atoms with van der Waals surface area (Å²) in [5.74, 6) is 0. The monoisotopic (exact) mass is 172 g/mol. The molecule has 0 radical (unpaired) electrons. The van der Waals surface area contributed by atoms with Crippen molar-refractivity contribution < 1.29 is 5.32 Å². The zero-order chi connectivity index (χ0) is 8.67. The van der Waals surface area contributed by atoms with Gasteiger partial charge in [0.25, 0.3) is 0 Å². The van der Waals surface area contributed by atoms with Crippen molar-refractivity contribution in [1.29, 1.82) is 0 Å². The lowest BCUT2D eigenvalue weighted by molar-refractivity contribution is -0.516. The standard InChI is InChI=1S/C12H13N/c1-3-7-11-9(5-1)10-6-2-4-8-12(10)13-11/h1,3,5,7,13H,2,4,6,8H2/p+1. The smallest absolute Gasteiger partial charge is 0.142 e. The highest BCUT2D eigenvalue weighted by atomic mass is 14.9. The van der Waals surface area contributed by atoms with Gasteiger partial charge in [0.05, 0.1) is 0 Å². The van der Waals surface area contributed by atoms with Gasteiger partial charge in [-0.15, -0.1) is 0 Å². The number of hydrogen-bond donors (Lipinski definition) is 1. The quantitative estimate of drug-likeness (QED) is 0.578. The van der Waals surface area contributed by atoms with E-state index in [4.69, 9.17) is 0 Å². The van der Waals surface area contributed by atoms with Gasteiger partial charge < -0.3 is 0 Å². The molecule has 0 saturated heterocycles. The number of quaternary nitrogens is 1. The molecular formula is C12H14N+. The Morgan fingerprint density at radius 3 is 2.85 bits per heavy atom. The lowest BCUT2D eigenvalue weighted by Crippen LogP contribution is -2.74. The molecule has 1 nitrogen and oxygen atoms in total. The molecule has 0 spiro atoms. The Hall–Kier alpha value is -1.08. The van der Waals surface area contributed by atoms with E-state index in [1.165, 1.54) is 36.9 Å². The first-order valence-electron chi connectivity index (χ1n) is 5.11. The van der Waals surface area contributed by atoms with Crippen LogP contribution in [0.2, 0.25) is 0 Å². The molecule has 0 bridgehead atoms. The van der Waals surface area contributed by atoms with Gasteiger partial charge >= 0.3 is 0 Å². The number of nitrogens with two attached hydrogens (primary N) is 1. The van der Waals surface area contributed by atoms with Gasteiger partial charge in [0.2, 0.25) is 0 Å². The predicted molar refractivity (Wildman–Crippen MR) is 53.4 cm³/mol. The molecule has 0 fully saturated rings. The van der Waals surface area contributed by atoms with E-state index < -0.39 is 0 Å². The van der Waals surface area contributed by atoms with Crippen molar-refractivity contribution in [3.05, 3.63) is 35.5 Å².